The van der Waals surface area contributed by atoms with Gasteiger partial charge >= 0.3 is 6.36 Å². The smallest absolute Gasteiger partial charge is 0.402 e. The summed E-state index contributed by atoms with van der Waals surface area (Å²) in [4.78, 5) is 3.46. The third kappa shape index (κ3) is 2.57. The average molecular weight is 274 g/mol. The quantitative estimate of drug-likeness (QED) is 0.579. The van der Waals surface area contributed by atoms with Crippen molar-refractivity contribution in [2.24, 2.45) is 0 Å². The van der Waals surface area contributed by atoms with E-state index in [0.717, 1.165) is 6.20 Å². The summed E-state index contributed by atoms with van der Waals surface area (Å²) < 4.78 is 51.7. The Labute approximate surface area is 85.0 Å². The van der Waals surface area contributed by atoms with Crippen molar-refractivity contribution >= 4 is 15.9 Å². The van der Waals surface area contributed by atoms with Crippen LogP contribution < -0.4 is 4.74 Å². The second-order valence-electron chi connectivity index (χ2n) is 2.42. The number of aryl methyl sites for hydroxylation is 1. The molecule has 1 aromatic heterocycles. The van der Waals surface area contributed by atoms with Gasteiger partial charge in [-0.3, -0.25) is 0 Å². The van der Waals surface area contributed by atoms with E-state index in [9.17, 15) is 17.6 Å². The van der Waals surface area contributed by atoms with Gasteiger partial charge in [0.25, 0.3) is 0 Å². The van der Waals surface area contributed by atoms with Gasteiger partial charge < -0.3 is 4.74 Å². The minimum Gasteiger partial charge on any atom is -0.402 e. The predicted molar refractivity (Wildman–Crippen MR) is 43.3 cm³/mol. The molecule has 7 heteroatoms. The highest BCUT2D eigenvalue weighted by Crippen LogP contribution is 2.31. The molecule has 0 radical (unpaired) electrons. The van der Waals surface area contributed by atoms with E-state index in [1.165, 1.54) is 6.92 Å². The number of aromatic nitrogens is 1. The lowest BCUT2D eigenvalue weighted by atomic mass is 10.3. The molecular formula is C7H4BrF4NO. The first-order valence-corrected chi connectivity index (χ1v) is 4.17. The molecule has 1 rings (SSSR count). The van der Waals surface area contributed by atoms with Crippen LogP contribution >= 0.6 is 15.9 Å². The molecule has 0 fully saturated rings. The van der Waals surface area contributed by atoms with Crippen LogP contribution in [0.25, 0.3) is 0 Å². The third-order valence-electron chi connectivity index (χ3n) is 1.33. The molecule has 0 spiro atoms. The molecule has 0 saturated heterocycles. The number of nitrogens with zero attached hydrogens (tertiary/aromatic N) is 1. The van der Waals surface area contributed by atoms with Gasteiger partial charge in [0.1, 0.15) is 4.60 Å². The Hall–Kier alpha value is -0.850. The van der Waals surface area contributed by atoms with Crippen LogP contribution in [-0.2, 0) is 0 Å². The number of hydrogen-bond acceptors (Lipinski definition) is 2. The summed E-state index contributed by atoms with van der Waals surface area (Å²) in [6, 6.07) is 0. The van der Waals surface area contributed by atoms with Crippen molar-refractivity contribution in [2.45, 2.75) is 13.3 Å². The van der Waals surface area contributed by atoms with Crippen molar-refractivity contribution in [1.29, 1.82) is 0 Å². The van der Waals surface area contributed by atoms with Crippen molar-refractivity contribution in [3.8, 4) is 5.75 Å². The number of pyridine rings is 1. The molecule has 0 N–H and O–H groups in total. The molecule has 1 heterocycles. The van der Waals surface area contributed by atoms with E-state index in [2.05, 4.69) is 25.7 Å². The third-order valence-corrected chi connectivity index (χ3v) is 1.88. The first-order chi connectivity index (χ1) is 6.31. The molecule has 0 saturated carbocycles. The minimum atomic E-state index is -4.91. The molecule has 0 aliphatic rings. The maximum absolute atomic E-state index is 13.1. The zero-order valence-corrected chi connectivity index (χ0v) is 8.41. The van der Waals surface area contributed by atoms with Gasteiger partial charge in [-0.25, -0.2) is 4.98 Å². The molecule has 0 aromatic carbocycles. The van der Waals surface area contributed by atoms with Crippen LogP contribution in [0, 0.1) is 12.7 Å². The molecule has 0 unspecified atom stereocenters. The SMILES string of the molecule is Cc1cnc(Br)c(F)c1OC(F)(F)F. The highest BCUT2D eigenvalue weighted by Gasteiger charge is 2.33. The summed E-state index contributed by atoms with van der Waals surface area (Å²) in [5, 5.41) is 0. The number of rotatable bonds is 1. The lowest BCUT2D eigenvalue weighted by Gasteiger charge is -2.11. The second-order valence-corrected chi connectivity index (χ2v) is 3.17. The monoisotopic (exact) mass is 273 g/mol. The highest BCUT2D eigenvalue weighted by molar-refractivity contribution is 9.10. The van der Waals surface area contributed by atoms with Gasteiger partial charge in [-0.2, -0.15) is 4.39 Å². The molecule has 14 heavy (non-hydrogen) atoms. The number of ether oxygens (including phenoxy) is 1. The summed E-state index contributed by atoms with van der Waals surface area (Å²) in [5.74, 6) is -2.03. The summed E-state index contributed by atoms with van der Waals surface area (Å²) in [5.41, 5.74) is -0.0250. The maximum atomic E-state index is 13.1. The molecule has 0 aliphatic heterocycles. The van der Waals surface area contributed by atoms with Gasteiger partial charge in [0.2, 0.25) is 0 Å². The second kappa shape index (κ2) is 3.72. The van der Waals surface area contributed by atoms with Crippen molar-refractivity contribution in [3.05, 3.63) is 22.2 Å². The molecule has 0 bridgehead atoms. The van der Waals surface area contributed by atoms with E-state index in [-0.39, 0.29) is 10.2 Å². The van der Waals surface area contributed by atoms with E-state index in [4.69, 9.17) is 0 Å². The fourth-order valence-corrected chi connectivity index (χ4v) is 1.06. The van der Waals surface area contributed by atoms with Crippen LogP contribution in [0.4, 0.5) is 17.6 Å². The fraction of sp³-hybridized carbons (Fsp3) is 0.286. The lowest BCUT2D eigenvalue weighted by molar-refractivity contribution is -0.275. The fourth-order valence-electron chi connectivity index (χ4n) is 0.777. The molecule has 0 atom stereocenters. The lowest BCUT2D eigenvalue weighted by Crippen LogP contribution is -2.19. The van der Waals surface area contributed by atoms with Crippen molar-refractivity contribution in [3.63, 3.8) is 0 Å². The minimum absolute atomic E-state index is 0.0250. The average Bonchev–Trinajstić information content (AvgIpc) is 2.04. The molecule has 0 aliphatic carbocycles. The van der Waals surface area contributed by atoms with Crippen molar-refractivity contribution in [2.75, 3.05) is 0 Å². The zero-order chi connectivity index (χ0) is 10.9. The van der Waals surface area contributed by atoms with Crippen LogP contribution in [0.15, 0.2) is 10.8 Å². The van der Waals surface area contributed by atoms with E-state index < -0.39 is 17.9 Å². The van der Waals surface area contributed by atoms with Crippen molar-refractivity contribution < 1.29 is 22.3 Å². The Kier molecular flexibility index (Phi) is 2.98. The van der Waals surface area contributed by atoms with Gasteiger partial charge in [-0.05, 0) is 22.9 Å². The summed E-state index contributed by atoms with van der Waals surface area (Å²) in [7, 11) is 0. The van der Waals surface area contributed by atoms with Crippen LogP contribution in [0.2, 0.25) is 0 Å². The topological polar surface area (TPSA) is 22.1 Å². The summed E-state index contributed by atoms with van der Waals surface area (Å²) >= 11 is 2.65. The Bertz CT molecular complexity index is 352. The molecule has 78 valence electrons. The number of alkyl halides is 3. The molecule has 2 nitrogen and oxygen atoms in total. The largest absolute Gasteiger partial charge is 0.573 e. The van der Waals surface area contributed by atoms with Crippen molar-refractivity contribution in [1.82, 2.24) is 4.98 Å². The Morgan fingerprint density at radius 1 is 1.43 bits per heavy atom. The van der Waals surface area contributed by atoms with Crippen LogP contribution in [0.1, 0.15) is 5.56 Å². The standard InChI is InChI=1S/C7H4BrF4NO/c1-3-2-13-6(8)4(9)5(3)14-7(10,11)12/h2H,1H3. The Morgan fingerprint density at radius 2 is 2.00 bits per heavy atom. The Morgan fingerprint density at radius 3 is 2.50 bits per heavy atom. The van der Waals surface area contributed by atoms with Gasteiger partial charge in [-0.15, -0.1) is 13.2 Å². The highest BCUT2D eigenvalue weighted by atomic mass is 79.9. The molecular weight excluding hydrogens is 270 g/mol. The summed E-state index contributed by atoms with van der Waals surface area (Å²) in [6.45, 7) is 1.27. The predicted octanol–water partition coefficient (Wildman–Crippen LogP) is 3.19. The van der Waals surface area contributed by atoms with E-state index in [1.54, 1.807) is 0 Å². The zero-order valence-electron chi connectivity index (χ0n) is 6.82. The van der Waals surface area contributed by atoms with E-state index in [1.807, 2.05) is 0 Å². The van der Waals surface area contributed by atoms with Crippen LogP contribution in [0.5, 0.6) is 5.75 Å². The maximum Gasteiger partial charge on any atom is 0.573 e. The van der Waals surface area contributed by atoms with Gasteiger partial charge in [-0.1, -0.05) is 0 Å². The van der Waals surface area contributed by atoms with Crippen LogP contribution in [-0.4, -0.2) is 11.3 Å². The van der Waals surface area contributed by atoms with Gasteiger partial charge in [0, 0.05) is 11.8 Å². The van der Waals surface area contributed by atoms with Gasteiger partial charge in [0.05, 0.1) is 0 Å². The van der Waals surface area contributed by atoms with Gasteiger partial charge in [0.15, 0.2) is 11.6 Å². The van der Waals surface area contributed by atoms with E-state index >= 15 is 0 Å². The van der Waals surface area contributed by atoms with Crippen LogP contribution in [0.3, 0.4) is 0 Å². The Balaban J connectivity index is 3.13. The molecule has 1 aromatic rings. The number of halogens is 5. The number of hydrogen-bond donors (Lipinski definition) is 0. The first kappa shape index (κ1) is 11.2. The van der Waals surface area contributed by atoms with E-state index in [0.29, 0.717) is 0 Å². The first-order valence-electron chi connectivity index (χ1n) is 3.37. The normalized spacial score (nSPS) is 11.6. The molecule has 0 amide bonds. The summed E-state index contributed by atoms with van der Waals surface area (Å²) in [6.07, 6.45) is -3.83.